The number of anilines is 1. The summed E-state index contributed by atoms with van der Waals surface area (Å²) in [6, 6.07) is 7.60. The predicted octanol–water partition coefficient (Wildman–Crippen LogP) is 2.92. The van der Waals surface area contributed by atoms with Crippen molar-refractivity contribution in [2.24, 2.45) is 0 Å². The van der Waals surface area contributed by atoms with Crippen molar-refractivity contribution >= 4 is 21.6 Å². The van der Waals surface area contributed by atoms with Gasteiger partial charge in [0.05, 0.1) is 12.2 Å². The fourth-order valence-corrected chi connectivity index (χ4v) is 1.49. The molecule has 0 aliphatic heterocycles. The van der Waals surface area contributed by atoms with Crippen LogP contribution in [0.3, 0.4) is 0 Å². The van der Waals surface area contributed by atoms with Crippen LogP contribution in [-0.4, -0.2) is 6.54 Å². The lowest BCUT2D eigenvalue weighted by Gasteiger charge is -2.14. The molecule has 0 saturated heterocycles. The Morgan fingerprint density at radius 3 is 2.77 bits per heavy atom. The lowest BCUT2D eigenvalue weighted by Crippen LogP contribution is -2.16. The second-order valence-corrected chi connectivity index (χ2v) is 3.31. The molecule has 0 spiro atoms. The van der Waals surface area contributed by atoms with Gasteiger partial charge in [-0.1, -0.05) is 18.2 Å². The molecule has 1 aromatic carbocycles. The minimum Gasteiger partial charge on any atom is -0.275 e. The van der Waals surface area contributed by atoms with Gasteiger partial charge in [0.1, 0.15) is 0 Å². The van der Waals surface area contributed by atoms with E-state index in [4.69, 9.17) is 5.26 Å². The van der Waals surface area contributed by atoms with Crippen LogP contribution in [0.1, 0.15) is 0 Å². The van der Waals surface area contributed by atoms with Gasteiger partial charge in [0.25, 0.3) is 0 Å². The van der Waals surface area contributed by atoms with Gasteiger partial charge in [-0.2, -0.15) is 5.26 Å². The first-order valence-electron chi connectivity index (χ1n) is 3.82. The zero-order valence-electron chi connectivity index (χ0n) is 7.07. The van der Waals surface area contributed by atoms with E-state index in [9.17, 15) is 0 Å². The maximum Gasteiger partial charge on any atom is 0.184 e. The summed E-state index contributed by atoms with van der Waals surface area (Å²) in [6.07, 6.45) is 3.79. The fraction of sp³-hybridized carbons (Fsp3) is 0.100. The van der Waals surface area contributed by atoms with Crippen molar-refractivity contribution in [2.75, 3.05) is 11.4 Å². The highest BCUT2D eigenvalue weighted by Crippen LogP contribution is 2.24. The van der Waals surface area contributed by atoms with Crippen molar-refractivity contribution in [3.63, 3.8) is 0 Å². The standard InChI is InChI=1S/C10H9BrN2/c1-2-7-13(8-12)10-6-4-3-5-9(10)11/h2-6H,1,7H2. The van der Waals surface area contributed by atoms with Crippen molar-refractivity contribution in [2.45, 2.75) is 0 Å². The van der Waals surface area contributed by atoms with Gasteiger partial charge >= 0.3 is 0 Å². The van der Waals surface area contributed by atoms with E-state index in [1.165, 1.54) is 0 Å². The van der Waals surface area contributed by atoms with Crippen LogP contribution >= 0.6 is 15.9 Å². The van der Waals surface area contributed by atoms with Gasteiger partial charge in [0.15, 0.2) is 6.19 Å². The molecule has 0 unspecified atom stereocenters. The monoisotopic (exact) mass is 236 g/mol. The van der Waals surface area contributed by atoms with E-state index in [0.29, 0.717) is 6.54 Å². The molecular weight excluding hydrogens is 228 g/mol. The number of rotatable bonds is 3. The summed E-state index contributed by atoms with van der Waals surface area (Å²) in [5.74, 6) is 0. The smallest absolute Gasteiger partial charge is 0.184 e. The quantitative estimate of drug-likeness (QED) is 0.459. The van der Waals surface area contributed by atoms with Gasteiger partial charge in [0, 0.05) is 4.47 Å². The van der Waals surface area contributed by atoms with Crippen LogP contribution < -0.4 is 4.90 Å². The highest BCUT2D eigenvalue weighted by atomic mass is 79.9. The lowest BCUT2D eigenvalue weighted by atomic mass is 10.3. The summed E-state index contributed by atoms with van der Waals surface area (Å²) in [7, 11) is 0. The Hall–Kier alpha value is -1.27. The van der Waals surface area contributed by atoms with E-state index in [0.717, 1.165) is 10.2 Å². The first-order chi connectivity index (χ1) is 6.29. The van der Waals surface area contributed by atoms with Crippen LogP contribution in [0.25, 0.3) is 0 Å². The molecule has 0 amide bonds. The number of benzene rings is 1. The molecule has 0 aliphatic carbocycles. The predicted molar refractivity (Wildman–Crippen MR) is 57.3 cm³/mol. The number of nitriles is 1. The maximum absolute atomic E-state index is 8.84. The van der Waals surface area contributed by atoms with E-state index in [1.54, 1.807) is 11.0 Å². The second-order valence-electron chi connectivity index (χ2n) is 2.45. The number of halogens is 1. The van der Waals surface area contributed by atoms with Crippen LogP contribution in [0, 0.1) is 11.5 Å². The molecule has 0 radical (unpaired) electrons. The second kappa shape index (κ2) is 4.68. The Balaban J connectivity index is 2.99. The molecular formula is C10H9BrN2. The average Bonchev–Trinajstić information content (AvgIpc) is 2.16. The van der Waals surface area contributed by atoms with Gasteiger partial charge in [-0.3, -0.25) is 4.90 Å². The van der Waals surface area contributed by atoms with Crippen LogP contribution in [0.4, 0.5) is 5.69 Å². The number of hydrogen-bond acceptors (Lipinski definition) is 2. The normalized spacial score (nSPS) is 8.92. The summed E-state index contributed by atoms with van der Waals surface area (Å²) >= 11 is 3.38. The Bertz CT molecular complexity index is 341. The van der Waals surface area contributed by atoms with Gasteiger partial charge in [-0.05, 0) is 28.1 Å². The SMILES string of the molecule is C=CCN(C#N)c1ccccc1Br. The molecule has 1 aromatic rings. The van der Waals surface area contributed by atoms with E-state index in [-0.39, 0.29) is 0 Å². The summed E-state index contributed by atoms with van der Waals surface area (Å²) in [5.41, 5.74) is 0.866. The van der Waals surface area contributed by atoms with Crippen molar-refractivity contribution in [3.8, 4) is 6.19 Å². The third-order valence-corrected chi connectivity index (χ3v) is 2.25. The number of hydrogen-bond donors (Lipinski definition) is 0. The highest BCUT2D eigenvalue weighted by Gasteiger charge is 2.05. The molecule has 3 heteroatoms. The summed E-state index contributed by atoms with van der Waals surface area (Å²) in [5, 5.41) is 8.84. The minimum atomic E-state index is 0.527. The molecule has 0 bridgehead atoms. The Labute approximate surface area is 86.2 Å². The summed E-state index contributed by atoms with van der Waals surface area (Å²) in [6.45, 7) is 4.12. The van der Waals surface area contributed by atoms with Crippen LogP contribution in [0.2, 0.25) is 0 Å². The van der Waals surface area contributed by atoms with Crippen molar-refractivity contribution in [1.29, 1.82) is 5.26 Å². The Kier molecular flexibility index (Phi) is 3.53. The summed E-state index contributed by atoms with van der Waals surface area (Å²) in [4.78, 5) is 1.57. The molecule has 0 N–H and O–H groups in total. The Morgan fingerprint density at radius 1 is 1.54 bits per heavy atom. The molecule has 2 nitrogen and oxygen atoms in total. The first kappa shape index (κ1) is 9.82. The van der Waals surface area contributed by atoms with Crippen LogP contribution in [0.5, 0.6) is 0 Å². The molecule has 13 heavy (non-hydrogen) atoms. The van der Waals surface area contributed by atoms with E-state index < -0.39 is 0 Å². The van der Waals surface area contributed by atoms with Crippen LogP contribution in [0.15, 0.2) is 41.4 Å². The van der Waals surface area contributed by atoms with Crippen LogP contribution in [-0.2, 0) is 0 Å². The third kappa shape index (κ3) is 2.33. The van der Waals surface area contributed by atoms with Gasteiger partial charge in [-0.25, -0.2) is 0 Å². The summed E-state index contributed by atoms with van der Waals surface area (Å²) < 4.78 is 0.915. The molecule has 66 valence electrons. The van der Waals surface area contributed by atoms with Gasteiger partial charge < -0.3 is 0 Å². The molecule has 0 atom stereocenters. The first-order valence-corrected chi connectivity index (χ1v) is 4.61. The van der Waals surface area contributed by atoms with Crippen molar-refractivity contribution in [1.82, 2.24) is 0 Å². The van der Waals surface area contributed by atoms with E-state index in [2.05, 4.69) is 28.7 Å². The fourth-order valence-electron chi connectivity index (χ4n) is 0.993. The molecule has 0 aromatic heterocycles. The topological polar surface area (TPSA) is 27.0 Å². The zero-order chi connectivity index (χ0) is 9.68. The molecule has 0 fully saturated rings. The number of nitrogens with zero attached hydrogens (tertiary/aromatic N) is 2. The lowest BCUT2D eigenvalue weighted by molar-refractivity contribution is 1.09. The molecule has 0 heterocycles. The number of para-hydroxylation sites is 1. The van der Waals surface area contributed by atoms with E-state index in [1.807, 2.05) is 24.3 Å². The van der Waals surface area contributed by atoms with E-state index >= 15 is 0 Å². The largest absolute Gasteiger partial charge is 0.275 e. The van der Waals surface area contributed by atoms with Crippen molar-refractivity contribution in [3.05, 3.63) is 41.4 Å². The molecule has 1 rings (SSSR count). The third-order valence-electron chi connectivity index (χ3n) is 1.58. The average molecular weight is 237 g/mol. The Morgan fingerprint density at radius 2 is 2.23 bits per heavy atom. The molecule has 0 saturated carbocycles. The van der Waals surface area contributed by atoms with Gasteiger partial charge in [0.2, 0.25) is 0 Å². The zero-order valence-corrected chi connectivity index (χ0v) is 8.66. The minimum absolute atomic E-state index is 0.527. The van der Waals surface area contributed by atoms with Crippen molar-refractivity contribution < 1.29 is 0 Å². The van der Waals surface area contributed by atoms with Gasteiger partial charge in [-0.15, -0.1) is 6.58 Å². The highest BCUT2D eigenvalue weighted by molar-refractivity contribution is 9.10. The molecule has 0 aliphatic rings. The maximum atomic E-state index is 8.84.